The third-order valence-corrected chi connectivity index (χ3v) is 10.9. The van der Waals surface area contributed by atoms with E-state index in [0.717, 1.165) is 40.4 Å². The molecule has 43 heavy (non-hydrogen) atoms. The summed E-state index contributed by atoms with van der Waals surface area (Å²) in [7, 11) is 1.62. The number of carbonyl (C=O) groups excluding carboxylic acids is 1. The highest BCUT2D eigenvalue weighted by Gasteiger charge is 2.42. The van der Waals surface area contributed by atoms with Crippen LogP contribution < -0.4 is 15.4 Å². The Morgan fingerprint density at radius 3 is 2.49 bits per heavy atom. The summed E-state index contributed by atoms with van der Waals surface area (Å²) in [5.74, 6) is 2.38. The third-order valence-electron chi connectivity index (χ3n) is 7.45. The second kappa shape index (κ2) is 12.7. The molecule has 0 bridgehead atoms. The van der Waals surface area contributed by atoms with Crippen LogP contribution in [0.4, 0.5) is 18.9 Å². The second-order valence-electron chi connectivity index (χ2n) is 10.5. The number of halogens is 3. The standard InChI is InChI=1S/C31H34F3N5O2S2/c1-5-20(3)37-29(40)24-11-6-21(16-19(24)2)26-18-36-28-25(35-13-12-30(32,33)34)17-27(38-39(26)28)31(42-14-15-43-31)22-7-9-23(41-4)10-8-22/h6-11,16-18,20,35H,5,12-15H2,1-4H3,(H,37,40). The van der Waals surface area contributed by atoms with Gasteiger partial charge in [0.25, 0.3) is 5.91 Å². The molecule has 2 aromatic heterocycles. The number of carbonyl (C=O) groups is 1. The summed E-state index contributed by atoms with van der Waals surface area (Å²) < 4.78 is 45.7. The number of methoxy groups -OCH3 is 1. The molecule has 0 radical (unpaired) electrons. The van der Waals surface area contributed by atoms with Crippen molar-refractivity contribution in [3.8, 4) is 17.0 Å². The van der Waals surface area contributed by atoms with Crippen LogP contribution in [0.5, 0.6) is 5.75 Å². The van der Waals surface area contributed by atoms with E-state index in [0.29, 0.717) is 28.3 Å². The van der Waals surface area contributed by atoms with Crippen molar-refractivity contribution in [3.05, 3.63) is 77.1 Å². The maximum atomic E-state index is 13.1. The Kier molecular flexibility index (Phi) is 9.17. The fourth-order valence-electron chi connectivity index (χ4n) is 4.96. The SMILES string of the molecule is CCC(C)NC(=O)c1ccc(-c2cnc3c(NCCC(F)(F)F)cc(C4(c5ccc(OC)cc5)SCCS4)nn23)cc1C. The van der Waals surface area contributed by atoms with Gasteiger partial charge in [0.05, 0.1) is 36.8 Å². The molecule has 2 aromatic carbocycles. The zero-order chi connectivity index (χ0) is 30.8. The number of benzene rings is 2. The van der Waals surface area contributed by atoms with Gasteiger partial charge in [-0.05, 0) is 61.7 Å². The Labute approximate surface area is 257 Å². The quantitative estimate of drug-likeness (QED) is 0.191. The molecule has 0 aliphatic carbocycles. The van der Waals surface area contributed by atoms with E-state index < -0.39 is 16.7 Å². The van der Waals surface area contributed by atoms with Gasteiger partial charge in [0, 0.05) is 35.2 Å². The Bertz CT molecular complexity index is 1600. The average molecular weight is 630 g/mol. The molecule has 2 N–H and O–H groups in total. The molecule has 1 amide bonds. The monoisotopic (exact) mass is 629 g/mol. The predicted molar refractivity (Wildman–Crippen MR) is 168 cm³/mol. The molecule has 228 valence electrons. The van der Waals surface area contributed by atoms with Crippen LogP contribution in [-0.2, 0) is 4.08 Å². The van der Waals surface area contributed by atoms with Crippen molar-refractivity contribution in [1.29, 1.82) is 0 Å². The summed E-state index contributed by atoms with van der Waals surface area (Å²) in [5.41, 5.74) is 5.46. The van der Waals surface area contributed by atoms with Gasteiger partial charge in [-0.3, -0.25) is 4.79 Å². The highest BCUT2D eigenvalue weighted by molar-refractivity contribution is 8.20. The minimum atomic E-state index is -4.29. The van der Waals surface area contributed by atoms with Crippen LogP contribution in [0.25, 0.3) is 16.9 Å². The van der Waals surface area contributed by atoms with E-state index in [4.69, 9.17) is 9.84 Å². The van der Waals surface area contributed by atoms with E-state index in [-0.39, 0.29) is 18.5 Å². The van der Waals surface area contributed by atoms with Crippen molar-refractivity contribution in [2.75, 3.05) is 30.5 Å². The summed E-state index contributed by atoms with van der Waals surface area (Å²) in [4.78, 5) is 17.4. The van der Waals surface area contributed by atoms with Crippen molar-refractivity contribution < 1.29 is 22.7 Å². The molecule has 1 unspecified atom stereocenters. The Balaban J connectivity index is 1.61. The van der Waals surface area contributed by atoms with Crippen molar-refractivity contribution in [1.82, 2.24) is 19.9 Å². The number of nitrogens with zero attached hydrogens (tertiary/aromatic N) is 3. The number of ether oxygens (including phenoxy) is 1. The number of hydrogen-bond acceptors (Lipinski definition) is 7. The molecular weight excluding hydrogens is 596 g/mol. The molecule has 0 saturated carbocycles. The number of alkyl halides is 3. The fraction of sp³-hybridized carbons (Fsp3) is 0.387. The lowest BCUT2D eigenvalue weighted by molar-refractivity contribution is -0.131. The first-order valence-electron chi connectivity index (χ1n) is 14.1. The van der Waals surface area contributed by atoms with E-state index in [1.807, 2.05) is 63.2 Å². The number of nitrogens with one attached hydrogen (secondary N) is 2. The van der Waals surface area contributed by atoms with E-state index in [1.165, 1.54) is 0 Å². The highest BCUT2D eigenvalue weighted by Crippen LogP contribution is 2.56. The first-order valence-corrected chi connectivity index (χ1v) is 16.1. The topological polar surface area (TPSA) is 80.5 Å². The van der Waals surface area contributed by atoms with E-state index in [2.05, 4.69) is 15.6 Å². The molecule has 1 aliphatic heterocycles. The Hall–Kier alpha value is -3.38. The largest absolute Gasteiger partial charge is 0.497 e. The normalized spacial score (nSPS) is 15.4. The van der Waals surface area contributed by atoms with Crippen LogP contribution in [0.1, 0.15) is 53.9 Å². The molecule has 1 fully saturated rings. The lowest BCUT2D eigenvalue weighted by Crippen LogP contribution is -2.32. The molecule has 1 saturated heterocycles. The number of rotatable bonds is 10. The molecule has 1 aliphatic rings. The van der Waals surface area contributed by atoms with Crippen LogP contribution in [0.15, 0.2) is 54.7 Å². The van der Waals surface area contributed by atoms with Crippen molar-refractivity contribution in [3.63, 3.8) is 0 Å². The fourth-order valence-corrected chi connectivity index (χ4v) is 8.14. The van der Waals surface area contributed by atoms with Crippen LogP contribution >= 0.6 is 23.5 Å². The lowest BCUT2D eigenvalue weighted by atomic mass is 10.0. The number of thioether (sulfide) groups is 2. The summed E-state index contributed by atoms with van der Waals surface area (Å²) in [6, 6.07) is 15.3. The van der Waals surface area contributed by atoms with Crippen LogP contribution in [0.2, 0.25) is 0 Å². The van der Waals surface area contributed by atoms with Gasteiger partial charge >= 0.3 is 6.18 Å². The number of hydrogen-bond donors (Lipinski definition) is 2. The molecule has 3 heterocycles. The van der Waals surface area contributed by atoms with Crippen LogP contribution in [0.3, 0.4) is 0 Å². The number of aromatic nitrogens is 3. The predicted octanol–water partition coefficient (Wildman–Crippen LogP) is 7.29. The number of fused-ring (bicyclic) bond motifs is 1. The highest BCUT2D eigenvalue weighted by atomic mass is 32.2. The van der Waals surface area contributed by atoms with Crippen LogP contribution in [-0.4, -0.2) is 57.9 Å². The first-order chi connectivity index (χ1) is 20.5. The van der Waals surface area contributed by atoms with Gasteiger partial charge in [-0.2, -0.15) is 18.3 Å². The lowest BCUT2D eigenvalue weighted by Gasteiger charge is -2.28. The smallest absolute Gasteiger partial charge is 0.390 e. The maximum Gasteiger partial charge on any atom is 0.390 e. The summed E-state index contributed by atoms with van der Waals surface area (Å²) in [6.45, 7) is 5.56. The van der Waals surface area contributed by atoms with Gasteiger partial charge in [0.2, 0.25) is 0 Å². The maximum absolute atomic E-state index is 13.1. The second-order valence-corrected chi connectivity index (χ2v) is 13.3. The van der Waals surface area contributed by atoms with Crippen molar-refractivity contribution in [2.24, 2.45) is 0 Å². The number of amides is 1. The summed E-state index contributed by atoms with van der Waals surface area (Å²) in [5, 5.41) is 11.1. The Morgan fingerprint density at radius 2 is 1.86 bits per heavy atom. The molecule has 4 aromatic rings. The minimum absolute atomic E-state index is 0.0561. The number of imidazole rings is 1. The molecule has 5 rings (SSSR count). The number of anilines is 1. The molecule has 1 atom stereocenters. The van der Waals surface area contributed by atoms with Gasteiger partial charge in [-0.25, -0.2) is 9.50 Å². The molecule has 0 spiro atoms. The van der Waals surface area contributed by atoms with Crippen LogP contribution in [0, 0.1) is 6.92 Å². The van der Waals surface area contributed by atoms with Gasteiger partial charge in [-0.1, -0.05) is 25.1 Å². The number of aryl methyl sites for hydroxylation is 1. The van der Waals surface area contributed by atoms with Gasteiger partial charge in [-0.15, -0.1) is 23.5 Å². The van der Waals surface area contributed by atoms with E-state index >= 15 is 0 Å². The zero-order valence-corrected chi connectivity index (χ0v) is 26.1. The first kappa shape index (κ1) is 31.1. The van der Waals surface area contributed by atoms with Gasteiger partial charge in [0.15, 0.2) is 5.65 Å². The third kappa shape index (κ3) is 6.59. The summed E-state index contributed by atoms with van der Waals surface area (Å²) in [6.07, 6.45) is -2.77. The summed E-state index contributed by atoms with van der Waals surface area (Å²) >= 11 is 3.49. The molecule has 12 heteroatoms. The van der Waals surface area contributed by atoms with Gasteiger partial charge in [0.1, 0.15) is 9.83 Å². The zero-order valence-electron chi connectivity index (χ0n) is 24.4. The average Bonchev–Trinajstić information content (AvgIpc) is 3.65. The molecule has 7 nitrogen and oxygen atoms in total. The van der Waals surface area contributed by atoms with Gasteiger partial charge < -0.3 is 15.4 Å². The minimum Gasteiger partial charge on any atom is -0.497 e. The van der Waals surface area contributed by atoms with Crippen molar-refractivity contribution >= 4 is 40.8 Å². The molecular formula is C31H34F3N5O2S2. The van der Waals surface area contributed by atoms with Crippen molar-refractivity contribution in [2.45, 2.75) is 49.9 Å². The van der Waals surface area contributed by atoms with E-state index in [9.17, 15) is 18.0 Å². The van der Waals surface area contributed by atoms with E-state index in [1.54, 1.807) is 47.4 Å². The Morgan fingerprint density at radius 1 is 1.14 bits per heavy atom.